The monoisotopic (exact) mass is 171 g/mol. The Morgan fingerprint density at radius 1 is 1.64 bits per heavy atom. The van der Waals surface area contributed by atoms with Crippen LogP contribution < -0.4 is 5.40 Å². The standard InChI is InChI=1S/C8H17NOSi/c1-2-5-8(11-9)6-3-4-7-10-8/h2H,1,3-7,9,11H2. The summed E-state index contributed by atoms with van der Waals surface area (Å²) in [6.07, 6.45) is 6.52. The lowest BCUT2D eigenvalue weighted by molar-refractivity contribution is -0.0180. The molecule has 0 amide bonds. The van der Waals surface area contributed by atoms with Gasteiger partial charge in [0, 0.05) is 6.61 Å². The van der Waals surface area contributed by atoms with E-state index in [1.54, 1.807) is 0 Å². The Bertz CT molecular complexity index is 132. The summed E-state index contributed by atoms with van der Waals surface area (Å²) in [6, 6.07) is 0. The molecule has 1 aliphatic rings. The molecule has 1 heterocycles. The SMILES string of the molecule is C=CCC1([SiH2]N)CCCCO1. The van der Waals surface area contributed by atoms with Crippen LogP contribution in [-0.2, 0) is 4.74 Å². The summed E-state index contributed by atoms with van der Waals surface area (Å²) in [6.45, 7) is 4.64. The van der Waals surface area contributed by atoms with E-state index in [1.165, 1.54) is 12.8 Å². The number of hydrogen-bond acceptors (Lipinski definition) is 2. The Morgan fingerprint density at radius 3 is 2.91 bits per heavy atom. The van der Waals surface area contributed by atoms with E-state index in [-0.39, 0.29) is 5.22 Å². The van der Waals surface area contributed by atoms with Crippen molar-refractivity contribution >= 4 is 9.68 Å². The Kier molecular flexibility index (Phi) is 3.30. The van der Waals surface area contributed by atoms with Crippen LogP contribution in [0, 0.1) is 0 Å². The van der Waals surface area contributed by atoms with Gasteiger partial charge in [0.05, 0.1) is 5.22 Å². The van der Waals surface area contributed by atoms with Crippen molar-refractivity contribution in [2.45, 2.75) is 30.9 Å². The van der Waals surface area contributed by atoms with Crippen LogP contribution in [0.5, 0.6) is 0 Å². The zero-order chi connectivity index (χ0) is 8.16. The minimum Gasteiger partial charge on any atom is -0.377 e. The third-order valence-corrected chi connectivity index (χ3v) is 3.91. The number of nitrogens with two attached hydrogens (primary N) is 1. The summed E-state index contributed by atoms with van der Waals surface area (Å²) < 4.78 is 5.72. The second-order valence-electron chi connectivity index (χ2n) is 3.19. The van der Waals surface area contributed by atoms with Crippen molar-refractivity contribution in [3.63, 3.8) is 0 Å². The smallest absolute Gasteiger partial charge is 0.126 e. The Hall–Kier alpha value is -0.123. The predicted octanol–water partition coefficient (Wildman–Crippen LogP) is 0.502. The summed E-state index contributed by atoms with van der Waals surface area (Å²) in [5, 5.41) is 5.86. The molecule has 0 aliphatic carbocycles. The summed E-state index contributed by atoms with van der Waals surface area (Å²) in [5.41, 5.74) is 0. The molecule has 1 fully saturated rings. The molecule has 1 atom stereocenters. The highest BCUT2D eigenvalue weighted by molar-refractivity contribution is 6.35. The lowest BCUT2D eigenvalue weighted by Crippen LogP contribution is -2.45. The first-order valence-electron chi connectivity index (χ1n) is 4.28. The van der Waals surface area contributed by atoms with Gasteiger partial charge in [0.15, 0.2) is 0 Å². The predicted molar refractivity (Wildman–Crippen MR) is 50.1 cm³/mol. The third-order valence-electron chi connectivity index (χ3n) is 2.32. The largest absolute Gasteiger partial charge is 0.377 e. The Labute approximate surface area is 70.7 Å². The second-order valence-corrected chi connectivity index (χ2v) is 4.88. The molecule has 1 aliphatic heterocycles. The molecular weight excluding hydrogens is 154 g/mol. The molecule has 11 heavy (non-hydrogen) atoms. The molecule has 64 valence electrons. The third kappa shape index (κ3) is 2.15. The van der Waals surface area contributed by atoms with Crippen molar-refractivity contribution in [2.24, 2.45) is 5.40 Å². The molecule has 2 N–H and O–H groups in total. The van der Waals surface area contributed by atoms with Gasteiger partial charge in [0.25, 0.3) is 0 Å². The van der Waals surface area contributed by atoms with Gasteiger partial charge in [-0.1, -0.05) is 6.08 Å². The highest BCUT2D eigenvalue weighted by Crippen LogP contribution is 2.26. The van der Waals surface area contributed by atoms with E-state index >= 15 is 0 Å². The van der Waals surface area contributed by atoms with Crippen LogP contribution in [0.2, 0.25) is 0 Å². The lowest BCUT2D eigenvalue weighted by atomic mass is 10.1. The normalized spacial score (nSPS) is 32.8. The molecule has 1 rings (SSSR count). The van der Waals surface area contributed by atoms with Gasteiger partial charge >= 0.3 is 0 Å². The molecular formula is C8H17NOSi. The van der Waals surface area contributed by atoms with Crippen LogP contribution in [0.4, 0.5) is 0 Å². The van der Waals surface area contributed by atoms with Crippen molar-refractivity contribution in [3.05, 3.63) is 12.7 Å². The molecule has 0 aromatic rings. The maximum atomic E-state index is 5.79. The molecule has 0 aromatic heterocycles. The van der Waals surface area contributed by atoms with Crippen molar-refractivity contribution < 1.29 is 4.74 Å². The fourth-order valence-electron chi connectivity index (χ4n) is 1.58. The van der Waals surface area contributed by atoms with Crippen LogP contribution in [-0.4, -0.2) is 21.5 Å². The van der Waals surface area contributed by atoms with Crippen molar-refractivity contribution in [1.82, 2.24) is 0 Å². The van der Waals surface area contributed by atoms with Gasteiger partial charge in [-0.3, -0.25) is 0 Å². The maximum absolute atomic E-state index is 5.79. The topological polar surface area (TPSA) is 35.2 Å². The highest BCUT2D eigenvalue weighted by atomic mass is 28.2. The lowest BCUT2D eigenvalue weighted by Gasteiger charge is -2.35. The molecule has 1 saturated heterocycles. The highest BCUT2D eigenvalue weighted by Gasteiger charge is 2.30. The van der Waals surface area contributed by atoms with Crippen LogP contribution in [0.3, 0.4) is 0 Å². The van der Waals surface area contributed by atoms with Gasteiger partial charge in [0.2, 0.25) is 0 Å². The average molecular weight is 171 g/mol. The van der Waals surface area contributed by atoms with Crippen molar-refractivity contribution in [3.8, 4) is 0 Å². The summed E-state index contributed by atoms with van der Waals surface area (Å²) >= 11 is 0. The van der Waals surface area contributed by atoms with Crippen LogP contribution in [0.1, 0.15) is 25.7 Å². The summed E-state index contributed by atoms with van der Waals surface area (Å²) in [7, 11) is -0.543. The Balaban J connectivity index is 2.49. The fourth-order valence-corrected chi connectivity index (χ4v) is 2.67. The van der Waals surface area contributed by atoms with Crippen LogP contribution in [0.15, 0.2) is 12.7 Å². The van der Waals surface area contributed by atoms with Crippen LogP contribution >= 0.6 is 0 Å². The van der Waals surface area contributed by atoms with Crippen molar-refractivity contribution in [1.29, 1.82) is 0 Å². The van der Waals surface area contributed by atoms with Gasteiger partial charge in [-0.25, -0.2) is 0 Å². The molecule has 2 nitrogen and oxygen atoms in total. The van der Waals surface area contributed by atoms with Gasteiger partial charge in [-0.05, 0) is 25.7 Å². The molecule has 0 spiro atoms. The van der Waals surface area contributed by atoms with Gasteiger partial charge in [0.1, 0.15) is 9.68 Å². The van der Waals surface area contributed by atoms with E-state index in [9.17, 15) is 0 Å². The second kappa shape index (κ2) is 4.04. The average Bonchev–Trinajstić information content (AvgIpc) is 2.07. The summed E-state index contributed by atoms with van der Waals surface area (Å²) in [5.74, 6) is 0. The van der Waals surface area contributed by atoms with E-state index in [2.05, 4.69) is 6.58 Å². The van der Waals surface area contributed by atoms with E-state index < -0.39 is 9.68 Å². The van der Waals surface area contributed by atoms with Gasteiger partial charge in [-0.2, -0.15) is 0 Å². The first-order valence-corrected chi connectivity index (χ1v) is 5.80. The maximum Gasteiger partial charge on any atom is 0.126 e. The van der Waals surface area contributed by atoms with E-state index in [1.807, 2.05) is 6.08 Å². The molecule has 0 bridgehead atoms. The Morgan fingerprint density at radius 2 is 2.45 bits per heavy atom. The first-order chi connectivity index (χ1) is 5.33. The van der Waals surface area contributed by atoms with Gasteiger partial charge in [-0.15, -0.1) is 6.58 Å². The first kappa shape index (κ1) is 8.97. The molecule has 0 radical (unpaired) electrons. The fraction of sp³-hybridized carbons (Fsp3) is 0.750. The quantitative estimate of drug-likeness (QED) is 0.496. The zero-order valence-electron chi connectivity index (χ0n) is 7.01. The molecule has 1 unspecified atom stereocenters. The van der Waals surface area contributed by atoms with E-state index in [0.29, 0.717) is 0 Å². The molecule has 0 saturated carbocycles. The minimum atomic E-state index is -0.543. The van der Waals surface area contributed by atoms with E-state index in [0.717, 1.165) is 19.4 Å². The zero-order valence-corrected chi connectivity index (χ0v) is 8.43. The molecule has 0 aromatic carbocycles. The summed E-state index contributed by atoms with van der Waals surface area (Å²) in [4.78, 5) is 0. The number of hydrogen-bond donors (Lipinski definition) is 1. The minimum absolute atomic E-state index is 0.0694. The molecule has 3 heteroatoms. The van der Waals surface area contributed by atoms with Crippen molar-refractivity contribution in [2.75, 3.05) is 6.61 Å². The van der Waals surface area contributed by atoms with Crippen LogP contribution in [0.25, 0.3) is 0 Å². The van der Waals surface area contributed by atoms with E-state index in [4.69, 9.17) is 10.1 Å². The van der Waals surface area contributed by atoms with Gasteiger partial charge < -0.3 is 10.1 Å². The number of ether oxygens (including phenoxy) is 1. The number of rotatable bonds is 3.